The van der Waals surface area contributed by atoms with Gasteiger partial charge in [-0.3, -0.25) is 4.79 Å². The van der Waals surface area contributed by atoms with E-state index >= 15 is 0 Å². The largest absolute Gasteiger partial charge is 0.350 e. The summed E-state index contributed by atoms with van der Waals surface area (Å²) in [5, 5.41) is 5.81. The number of nitrogens with zero attached hydrogens (tertiary/aromatic N) is 1. The van der Waals surface area contributed by atoms with Crippen molar-refractivity contribution in [1.29, 1.82) is 0 Å². The summed E-state index contributed by atoms with van der Waals surface area (Å²) in [6, 6.07) is -0.101. The maximum Gasteiger partial charge on any atom is 0.221 e. The Bertz CT molecular complexity index is 389. The predicted molar refractivity (Wildman–Crippen MR) is 85.4 cm³/mol. The Kier molecular flexibility index (Phi) is 9.64. The summed E-state index contributed by atoms with van der Waals surface area (Å²) in [4.78, 5) is 15.9. The Morgan fingerprint density at radius 1 is 1.47 bits per heavy atom. The molecule has 0 aliphatic carbocycles. The third-order valence-corrected chi connectivity index (χ3v) is 3.11. The zero-order chi connectivity index (χ0) is 13.1. The van der Waals surface area contributed by atoms with Crippen molar-refractivity contribution in [3.63, 3.8) is 0 Å². The summed E-state index contributed by atoms with van der Waals surface area (Å²) in [5.41, 5.74) is 6.68. The van der Waals surface area contributed by atoms with Gasteiger partial charge in [-0.15, -0.1) is 36.2 Å². The lowest BCUT2D eigenvalue weighted by Gasteiger charge is -2.14. The van der Waals surface area contributed by atoms with E-state index in [0.717, 1.165) is 10.7 Å². The number of thiazole rings is 1. The van der Waals surface area contributed by atoms with Crippen molar-refractivity contribution in [3.8, 4) is 0 Å². The summed E-state index contributed by atoms with van der Waals surface area (Å²) < 4.78 is 0. The smallest absolute Gasteiger partial charge is 0.221 e. The summed E-state index contributed by atoms with van der Waals surface area (Å²) in [6.45, 7) is 8.69. The van der Waals surface area contributed by atoms with E-state index in [9.17, 15) is 4.79 Å². The van der Waals surface area contributed by atoms with Crippen LogP contribution in [0.1, 0.15) is 44.8 Å². The third kappa shape index (κ3) is 7.72. The number of hydrogen-bond donors (Lipinski definition) is 2. The van der Waals surface area contributed by atoms with Crippen LogP contribution in [0, 0.1) is 0 Å². The molecule has 1 amide bonds. The standard InChI is InChI=1S/C12H21N3OS.2ClH/c1-8(13)5-10(16)14-6-11-15-9(7-17-11)12(2,3)4;;/h7-8H,5-6,13H2,1-4H3,(H,14,16);2*1H. The van der Waals surface area contributed by atoms with Crippen LogP contribution in [-0.2, 0) is 16.8 Å². The molecular weight excluding hydrogens is 305 g/mol. The molecule has 19 heavy (non-hydrogen) atoms. The molecule has 0 aliphatic heterocycles. The summed E-state index contributed by atoms with van der Waals surface area (Å²) in [7, 11) is 0. The number of halogens is 2. The van der Waals surface area contributed by atoms with E-state index in [1.807, 2.05) is 12.3 Å². The second-order valence-electron chi connectivity index (χ2n) is 5.33. The summed E-state index contributed by atoms with van der Waals surface area (Å²) in [6.07, 6.45) is 0.359. The van der Waals surface area contributed by atoms with E-state index < -0.39 is 0 Å². The molecule has 0 bridgehead atoms. The average molecular weight is 328 g/mol. The van der Waals surface area contributed by atoms with Gasteiger partial charge in [0.2, 0.25) is 5.91 Å². The Morgan fingerprint density at radius 3 is 2.47 bits per heavy atom. The molecule has 112 valence electrons. The van der Waals surface area contributed by atoms with E-state index in [1.165, 1.54) is 0 Å². The number of carbonyl (C=O) groups excluding carboxylic acids is 1. The molecule has 0 fully saturated rings. The van der Waals surface area contributed by atoms with Crippen LogP contribution in [0.2, 0.25) is 0 Å². The van der Waals surface area contributed by atoms with Crippen LogP contribution in [0.25, 0.3) is 0 Å². The van der Waals surface area contributed by atoms with Crippen LogP contribution in [0.4, 0.5) is 0 Å². The monoisotopic (exact) mass is 327 g/mol. The molecule has 3 N–H and O–H groups in total. The second-order valence-corrected chi connectivity index (χ2v) is 6.28. The molecule has 1 rings (SSSR count). The van der Waals surface area contributed by atoms with Gasteiger partial charge in [0, 0.05) is 23.3 Å². The van der Waals surface area contributed by atoms with Gasteiger partial charge in [0.1, 0.15) is 5.01 Å². The van der Waals surface area contributed by atoms with Gasteiger partial charge in [-0.2, -0.15) is 0 Å². The molecular formula is C12H23Cl2N3OS. The van der Waals surface area contributed by atoms with Gasteiger partial charge < -0.3 is 11.1 Å². The molecule has 7 heteroatoms. The van der Waals surface area contributed by atoms with Crippen molar-refractivity contribution in [2.24, 2.45) is 5.73 Å². The lowest BCUT2D eigenvalue weighted by Crippen LogP contribution is -2.29. The molecule has 1 atom stereocenters. The minimum absolute atomic E-state index is 0. The minimum atomic E-state index is -0.101. The number of amides is 1. The van der Waals surface area contributed by atoms with Crippen molar-refractivity contribution in [2.45, 2.75) is 52.1 Å². The van der Waals surface area contributed by atoms with Crippen molar-refractivity contribution in [2.75, 3.05) is 0 Å². The first-order chi connectivity index (χ1) is 7.79. The number of nitrogens with one attached hydrogen (secondary N) is 1. The fourth-order valence-electron chi connectivity index (χ4n) is 1.28. The Balaban J connectivity index is 0. The van der Waals surface area contributed by atoms with Gasteiger partial charge in [0.25, 0.3) is 0 Å². The number of aromatic nitrogens is 1. The maximum atomic E-state index is 11.4. The predicted octanol–water partition coefficient (Wildman–Crippen LogP) is 2.64. The van der Waals surface area contributed by atoms with Crippen molar-refractivity contribution >= 4 is 42.1 Å². The average Bonchev–Trinajstić information content (AvgIpc) is 2.61. The van der Waals surface area contributed by atoms with E-state index in [4.69, 9.17) is 5.73 Å². The zero-order valence-electron chi connectivity index (χ0n) is 11.7. The molecule has 0 saturated carbocycles. The maximum absolute atomic E-state index is 11.4. The van der Waals surface area contributed by atoms with Crippen molar-refractivity contribution in [1.82, 2.24) is 10.3 Å². The lowest BCUT2D eigenvalue weighted by molar-refractivity contribution is -0.121. The molecule has 1 aromatic heterocycles. The minimum Gasteiger partial charge on any atom is -0.350 e. The molecule has 1 unspecified atom stereocenters. The number of carbonyl (C=O) groups is 1. The van der Waals surface area contributed by atoms with E-state index in [2.05, 4.69) is 31.1 Å². The van der Waals surface area contributed by atoms with Gasteiger partial charge in [-0.05, 0) is 6.92 Å². The highest BCUT2D eigenvalue weighted by atomic mass is 35.5. The van der Waals surface area contributed by atoms with Crippen LogP contribution < -0.4 is 11.1 Å². The first-order valence-corrected chi connectivity index (χ1v) is 6.64. The molecule has 0 aromatic carbocycles. The fraction of sp³-hybridized carbons (Fsp3) is 0.667. The SMILES string of the molecule is CC(N)CC(=O)NCc1nc(C(C)(C)C)cs1.Cl.Cl. The van der Waals surface area contributed by atoms with Crippen LogP contribution in [0.5, 0.6) is 0 Å². The lowest BCUT2D eigenvalue weighted by atomic mass is 9.93. The quantitative estimate of drug-likeness (QED) is 0.893. The van der Waals surface area contributed by atoms with E-state index in [1.54, 1.807) is 11.3 Å². The summed E-state index contributed by atoms with van der Waals surface area (Å²) in [5.74, 6) is -0.0208. The van der Waals surface area contributed by atoms with Gasteiger partial charge in [0.15, 0.2) is 0 Å². The van der Waals surface area contributed by atoms with Crippen LogP contribution in [0.15, 0.2) is 5.38 Å². The van der Waals surface area contributed by atoms with Gasteiger partial charge in [-0.25, -0.2) is 4.98 Å². The highest BCUT2D eigenvalue weighted by Gasteiger charge is 2.17. The third-order valence-electron chi connectivity index (χ3n) is 2.26. The highest BCUT2D eigenvalue weighted by Crippen LogP contribution is 2.23. The highest BCUT2D eigenvalue weighted by molar-refractivity contribution is 7.09. The van der Waals surface area contributed by atoms with E-state index in [0.29, 0.717) is 13.0 Å². The van der Waals surface area contributed by atoms with Crippen LogP contribution in [0.3, 0.4) is 0 Å². The first kappa shape index (κ1) is 20.9. The molecule has 4 nitrogen and oxygen atoms in total. The Hall–Kier alpha value is -0.360. The molecule has 0 aliphatic rings. The molecule has 0 saturated heterocycles. The molecule has 0 spiro atoms. The van der Waals surface area contributed by atoms with Gasteiger partial charge in [0.05, 0.1) is 12.2 Å². The number of nitrogens with two attached hydrogens (primary N) is 1. The van der Waals surface area contributed by atoms with Gasteiger partial charge >= 0.3 is 0 Å². The van der Waals surface area contributed by atoms with Crippen LogP contribution >= 0.6 is 36.2 Å². The normalized spacial score (nSPS) is 12.1. The number of hydrogen-bond acceptors (Lipinski definition) is 4. The Labute approximate surface area is 131 Å². The summed E-state index contributed by atoms with van der Waals surface area (Å²) >= 11 is 1.58. The molecule has 1 heterocycles. The van der Waals surface area contributed by atoms with E-state index in [-0.39, 0.29) is 42.2 Å². The van der Waals surface area contributed by atoms with Crippen molar-refractivity contribution < 1.29 is 4.79 Å². The van der Waals surface area contributed by atoms with Crippen LogP contribution in [-0.4, -0.2) is 16.9 Å². The number of rotatable bonds is 4. The zero-order valence-corrected chi connectivity index (χ0v) is 14.2. The first-order valence-electron chi connectivity index (χ1n) is 5.76. The molecule has 0 radical (unpaired) electrons. The topological polar surface area (TPSA) is 68.0 Å². The van der Waals surface area contributed by atoms with Gasteiger partial charge in [-0.1, -0.05) is 20.8 Å². The second kappa shape index (κ2) is 8.74. The fourth-order valence-corrected chi connectivity index (χ4v) is 2.24. The molecule has 1 aromatic rings. The van der Waals surface area contributed by atoms with Crippen molar-refractivity contribution in [3.05, 3.63) is 16.1 Å². The Morgan fingerprint density at radius 2 is 2.05 bits per heavy atom.